The van der Waals surface area contributed by atoms with E-state index in [0.29, 0.717) is 12.5 Å². The standard InChI is InChI=1S/C11H14ClN3O/c1-2-16-6-5-15-10-3-4-13-8-9(10)14-11(15)7-12/h3-4,8H,2,5-7H2,1H3. The zero-order valence-electron chi connectivity index (χ0n) is 9.19. The summed E-state index contributed by atoms with van der Waals surface area (Å²) < 4.78 is 7.43. The van der Waals surface area contributed by atoms with Gasteiger partial charge in [0.25, 0.3) is 0 Å². The Morgan fingerprint density at radius 3 is 3.12 bits per heavy atom. The minimum absolute atomic E-state index is 0.404. The maximum Gasteiger partial charge on any atom is 0.124 e. The van der Waals surface area contributed by atoms with Gasteiger partial charge in [0.15, 0.2) is 0 Å². The number of hydrogen-bond donors (Lipinski definition) is 0. The molecule has 0 bridgehead atoms. The van der Waals surface area contributed by atoms with Crippen molar-refractivity contribution in [3.8, 4) is 0 Å². The Kier molecular flexibility index (Phi) is 3.74. The number of fused-ring (bicyclic) bond motifs is 1. The second-order valence-corrected chi connectivity index (χ2v) is 3.64. The van der Waals surface area contributed by atoms with Crippen molar-refractivity contribution in [1.82, 2.24) is 14.5 Å². The van der Waals surface area contributed by atoms with Gasteiger partial charge in [0.2, 0.25) is 0 Å². The number of rotatable bonds is 5. The number of nitrogens with zero attached hydrogens (tertiary/aromatic N) is 3. The maximum absolute atomic E-state index is 5.87. The van der Waals surface area contributed by atoms with Gasteiger partial charge in [-0.2, -0.15) is 0 Å². The Balaban J connectivity index is 2.32. The average Bonchev–Trinajstić information content (AvgIpc) is 2.68. The van der Waals surface area contributed by atoms with E-state index in [0.717, 1.165) is 30.0 Å². The molecule has 0 saturated heterocycles. The summed E-state index contributed by atoms with van der Waals surface area (Å²) in [5, 5.41) is 0. The summed E-state index contributed by atoms with van der Waals surface area (Å²) in [5.41, 5.74) is 1.94. The lowest BCUT2D eigenvalue weighted by Crippen LogP contribution is -2.08. The molecule has 4 nitrogen and oxygen atoms in total. The number of halogens is 1. The first-order valence-electron chi connectivity index (χ1n) is 5.29. The van der Waals surface area contributed by atoms with Gasteiger partial charge in [-0.05, 0) is 13.0 Å². The van der Waals surface area contributed by atoms with E-state index in [1.165, 1.54) is 0 Å². The molecule has 16 heavy (non-hydrogen) atoms. The number of ether oxygens (including phenoxy) is 1. The highest BCUT2D eigenvalue weighted by molar-refractivity contribution is 6.16. The monoisotopic (exact) mass is 239 g/mol. The van der Waals surface area contributed by atoms with Crippen LogP contribution in [-0.4, -0.2) is 27.7 Å². The minimum Gasteiger partial charge on any atom is -0.380 e. The van der Waals surface area contributed by atoms with Crippen LogP contribution < -0.4 is 0 Å². The summed E-state index contributed by atoms with van der Waals surface area (Å²) in [6, 6.07) is 1.95. The molecule has 0 aliphatic carbocycles. The van der Waals surface area contributed by atoms with Crippen molar-refractivity contribution in [3.05, 3.63) is 24.3 Å². The van der Waals surface area contributed by atoms with Gasteiger partial charge < -0.3 is 9.30 Å². The summed E-state index contributed by atoms with van der Waals surface area (Å²) in [5.74, 6) is 1.27. The molecule has 2 aromatic heterocycles. The molecule has 0 atom stereocenters. The molecule has 0 fully saturated rings. The normalized spacial score (nSPS) is 11.1. The molecule has 0 amide bonds. The topological polar surface area (TPSA) is 39.9 Å². The Morgan fingerprint density at radius 1 is 1.50 bits per heavy atom. The molecule has 0 N–H and O–H groups in total. The first-order valence-corrected chi connectivity index (χ1v) is 5.83. The molecular formula is C11H14ClN3O. The number of imidazole rings is 1. The fourth-order valence-corrected chi connectivity index (χ4v) is 1.89. The van der Waals surface area contributed by atoms with Crippen LogP contribution in [-0.2, 0) is 17.2 Å². The fourth-order valence-electron chi connectivity index (χ4n) is 1.68. The predicted molar refractivity (Wildman–Crippen MR) is 63.6 cm³/mol. The smallest absolute Gasteiger partial charge is 0.124 e. The van der Waals surface area contributed by atoms with E-state index in [-0.39, 0.29) is 0 Å². The maximum atomic E-state index is 5.87. The van der Waals surface area contributed by atoms with Crippen LogP contribution in [0.3, 0.4) is 0 Å². The number of pyridine rings is 1. The van der Waals surface area contributed by atoms with Crippen molar-refractivity contribution >= 4 is 22.6 Å². The molecule has 0 spiro atoms. The Labute approximate surface area is 99.2 Å². The van der Waals surface area contributed by atoms with E-state index in [1.54, 1.807) is 12.4 Å². The molecule has 0 aliphatic heterocycles. The third kappa shape index (κ3) is 2.18. The van der Waals surface area contributed by atoms with Gasteiger partial charge in [0.1, 0.15) is 11.3 Å². The second kappa shape index (κ2) is 5.27. The molecule has 5 heteroatoms. The fraction of sp³-hybridized carbons (Fsp3) is 0.455. The summed E-state index contributed by atoms with van der Waals surface area (Å²) in [7, 11) is 0. The van der Waals surface area contributed by atoms with Gasteiger partial charge in [0.05, 0.1) is 24.2 Å². The first-order chi connectivity index (χ1) is 7.86. The minimum atomic E-state index is 0.404. The Bertz CT molecular complexity index is 469. The van der Waals surface area contributed by atoms with Crippen molar-refractivity contribution in [2.24, 2.45) is 0 Å². The van der Waals surface area contributed by atoms with Crippen LogP contribution in [0.2, 0.25) is 0 Å². The van der Waals surface area contributed by atoms with Crippen molar-refractivity contribution in [2.75, 3.05) is 13.2 Å². The SMILES string of the molecule is CCOCCn1c(CCl)nc2cnccc21. The lowest BCUT2D eigenvalue weighted by atomic mass is 10.4. The zero-order chi connectivity index (χ0) is 11.4. The van der Waals surface area contributed by atoms with Gasteiger partial charge in [-0.25, -0.2) is 4.98 Å². The van der Waals surface area contributed by atoms with E-state index in [4.69, 9.17) is 16.3 Å². The van der Waals surface area contributed by atoms with E-state index in [9.17, 15) is 0 Å². The highest BCUT2D eigenvalue weighted by atomic mass is 35.5. The molecular weight excluding hydrogens is 226 g/mol. The van der Waals surface area contributed by atoms with Crippen LogP contribution in [0.4, 0.5) is 0 Å². The summed E-state index contributed by atoms with van der Waals surface area (Å²) in [4.78, 5) is 8.47. The van der Waals surface area contributed by atoms with E-state index in [1.807, 2.05) is 13.0 Å². The molecule has 86 valence electrons. The van der Waals surface area contributed by atoms with Gasteiger partial charge in [-0.1, -0.05) is 0 Å². The van der Waals surface area contributed by atoms with Crippen molar-refractivity contribution in [2.45, 2.75) is 19.3 Å². The molecule has 0 aliphatic rings. The molecule has 0 radical (unpaired) electrons. The van der Waals surface area contributed by atoms with Crippen LogP contribution in [0.5, 0.6) is 0 Å². The lowest BCUT2D eigenvalue weighted by molar-refractivity contribution is 0.139. The van der Waals surface area contributed by atoms with Crippen LogP contribution in [0.25, 0.3) is 11.0 Å². The van der Waals surface area contributed by atoms with Crippen LogP contribution in [0, 0.1) is 0 Å². The van der Waals surface area contributed by atoms with Gasteiger partial charge in [-0.3, -0.25) is 4.98 Å². The van der Waals surface area contributed by atoms with Gasteiger partial charge in [0, 0.05) is 19.3 Å². The van der Waals surface area contributed by atoms with Crippen LogP contribution in [0.15, 0.2) is 18.5 Å². The Morgan fingerprint density at radius 2 is 2.38 bits per heavy atom. The van der Waals surface area contributed by atoms with E-state index in [2.05, 4.69) is 14.5 Å². The first kappa shape index (κ1) is 11.4. The highest BCUT2D eigenvalue weighted by Crippen LogP contribution is 2.16. The van der Waals surface area contributed by atoms with Crippen LogP contribution in [0.1, 0.15) is 12.7 Å². The van der Waals surface area contributed by atoms with Gasteiger partial charge >= 0.3 is 0 Å². The Hall–Kier alpha value is -1.13. The number of alkyl halides is 1. The zero-order valence-corrected chi connectivity index (χ0v) is 9.94. The average molecular weight is 240 g/mol. The van der Waals surface area contributed by atoms with Crippen LogP contribution >= 0.6 is 11.6 Å². The lowest BCUT2D eigenvalue weighted by Gasteiger charge is -2.07. The predicted octanol–water partition coefficient (Wildman–Crippen LogP) is 2.21. The van der Waals surface area contributed by atoms with E-state index < -0.39 is 0 Å². The second-order valence-electron chi connectivity index (χ2n) is 3.37. The molecule has 2 rings (SSSR count). The summed E-state index contributed by atoms with van der Waals surface area (Å²) >= 11 is 5.87. The van der Waals surface area contributed by atoms with Crippen molar-refractivity contribution in [3.63, 3.8) is 0 Å². The number of hydrogen-bond acceptors (Lipinski definition) is 3. The third-order valence-corrected chi connectivity index (χ3v) is 2.65. The molecule has 0 saturated carbocycles. The number of aromatic nitrogens is 3. The van der Waals surface area contributed by atoms with Crippen molar-refractivity contribution in [1.29, 1.82) is 0 Å². The molecule has 2 aromatic rings. The largest absolute Gasteiger partial charge is 0.380 e. The van der Waals surface area contributed by atoms with Crippen molar-refractivity contribution < 1.29 is 4.74 Å². The molecule has 0 aromatic carbocycles. The molecule has 2 heterocycles. The summed E-state index contributed by atoms with van der Waals surface area (Å²) in [6.45, 7) is 4.16. The molecule has 0 unspecified atom stereocenters. The van der Waals surface area contributed by atoms with Gasteiger partial charge in [-0.15, -0.1) is 11.6 Å². The third-order valence-electron chi connectivity index (χ3n) is 2.41. The van der Waals surface area contributed by atoms with E-state index >= 15 is 0 Å². The quantitative estimate of drug-likeness (QED) is 0.593. The summed E-state index contributed by atoms with van der Waals surface area (Å²) in [6.07, 6.45) is 3.52. The highest BCUT2D eigenvalue weighted by Gasteiger charge is 2.08.